The molecule has 2 rings (SSSR count). The lowest BCUT2D eigenvalue weighted by atomic mass is 10.2. The van der Waals surface area contributed by atoms with Gasteiger partial charge in [0.2, 0.25) is 11.7 Å². The van der Waals surface area contributed by atoms with E-state index in [4.69, 9.17) is 14.2 Å². The molecule has 8 nitrogen and oxygen atoms in total. The number of methoxy groups -OCH3 is 3. The van der Waals surface area contributed by atoms with Crippen LogP contribution in [-0.2, 0) is 17.9 Å². The first-order valence-corrected chi connectivity index (χ1v) is 10.1. The molecule has 0 fully saturated rings. The van der Waals surface area contributed by atoms with Gasteiger partial charge in [0.25, 0.3) is 0 Å². The average molecular weight is 556 g/mol. The van der Waals surface area contributed by atoms with Crippen LogP contribution in [0.25, 0.3) is 0 Å². The fraction of sp³-hybridized carbons (Fsp3) is 0.391. The number of rotatable bonds is 10. The Hall–Kier alpha value is -2.69. The van der Waals surface area contributed by atoms with Crippen LogP contribution in [0, 0.1) is 0 Å². The Morgan fingerprint density at radius 3 is 2.09 bits per heavy atom. The topological polar surface area (TPSA) is 84.4 Å². The first kappa shape index (κ1) is 27.3. The van der Waals surface area contributed by atoms with Crippen molar-refractivity contribution >= 4 is 35.8 Å². The number of hydrogen-bond acceptors (Lipinski definition) is 5. The highest BCUT2D eigenvalue weighted by Crippen LogP contribution is 2.38. The van der Waals surface area contributed by atoms with Gasteiger partial charge in [0, 0.05) is 26.7 Å². The van der Waals surface area contributed by atoms with Crippen molar-refractivity contribution in [2.24, 2.45) is 4.99 Å². The van der Waals surface area contributed by atoms with Gasteiger partial charge >= 0.3 is 0 Å². The molecule has 2 N–H and O–H groups in total. The molecule has 0 aliphatic rings. The van der Waals surface area contributed by atoms with Gasteiger partial charge in [-0.05, 0) is 30.2 Å². The van der Waals surface area contributed by atoms with Gasteiger partial charge in [-0.15, -0.1) is 24.0 Å². The van der Waals surface area contributed by atoms with E-state index in [0.29, 0.717) is 42.8 Å². The van der Waals surface area contributed by atoms with E-state index in [2.05, 4.69) is 15.6 Å². The van der Waals surface area contributed by atoms with E-state index in [1.54, 1.807) is 33.3 Å². The van der Waals surface area contributed by atoms with Crippen LogP contribution in [0.4, 0.5) is 0 Å². The average Bonchev–Trinajstić information content (AvgIpc) is 2.82. The molecule has 0 heterocycles. The Bertz CT molecular complexity index is 853. The zero-order valence-electron chi connectivity index (χ0n) is 19.3. The summed E-state index contributed by atoms with van der Waals surface area (Å²) in [5, 5.41) is 6.28. The fourth-order valence-electron chi connectivity index (χ4n) is 3.10. The zero-order valence-corrected chi connectivity index (χ0v) is 21.6. The van der Waals surface area contributed by atoms with Gasteiger partial charge in [-0.3, -0.25) is 9.79 Å². The van der Waals surface area contributed by atoms with Crippen LogP contribution in [0.1, 0.15) is 18.1 Å². The molecular weight excluding hydrogens is 523 g/mol. The number of aliphatic imine (C=N–C) groups is 1. The Labute approximate surface area is 207 Å². The monoisotopic (exact) mass is 556 g/mol. The van der Waals surface area contributed by atoms with Crippen molar-refractivity contribution in [3.8, 4) is 17.2 Å². The summed E-state index contributed by atoms with van der Waals surface area (Å²) in [6.45, 7) is 3.79. The van der Waals surface area contributed by atoms with Crippen LogP contribution < -0.4 is 24.8 Å². The number of amides is 1. The second-order valence-electron chi connectivity index (χ2n) is 6.71. The number of guanidine groups is 1. The molecule has 0 aliphatic heterocycles. The molecule has 2 aromatic carbocycles. The predicted octanol–water partition coefficient (Wildman–Crippen LogP) is 3.04. The summed E-state index contributed by atoms with van der Waals surface area (Å²) >= 11 is 0. The van der Waals surface area contributed by atoms with Crippen LogP contribution in [0.5, 0.6) is 17.2 Å². The maximum absolute atomic E-state index is 12.6. The number of likely N-dealkylation sites (N-methyl/N-ethyl adjacent to an activating group) is 1. The Morgan fingerprint density at radius 1 is 0.969 bits per heavy atom. The van der Waals surface area contributed by atoms with Gasteiger partial charge in [0.1, 0.15) is 0 Å². The molecule has 9 heteroatoms. The van der Waals surface area contributed by atoms with E-state index in [0.717, 1.165) is 11.1 Å². The van der Waals surface area contributed by atoms with Crippen LogP contribution in [-0.4, -0.2) is 58.2 Å². The summed E-state index contributed by atoms with van der Waals surface area (Å²) in [6, 6.07) is 13.7. The van der Waals surface area contributed by atoms with Crippen molar-refractivity contribution < 1.29 is 19.0 Å². The number of carbonyl (C=O) groups is 1. The van der Waals surface area contributed by atoms with Crippen molar-refractivity contribution in [3.05, 3.63) is 53.6 Å². The molecule has 32 heavy (non-hydrogen) atoms. The number of carbonyl (C=O) groups excluding carboxylic acids is 1. The number of ether oxygens (including phenoxy) is 3. The van der Waals surface area contributed by atoms with Crippen LogP contribution in [0.15, 0.2) is 47.5 Å². The van der Waals surface area contributed by atoms with Gasteiger partial charge in [-0.2, -0.15) is 0 Å². The Balaban J connectivity index is 0.00000512. The number of hydrogen-bond donors (Lipinski definition) is 2. The molecule has 0 saturated heterocycles. The molecular formula is C23H33IN4O4. The Kier molecular flexibility index (Phi) is 12.3. The van der Waals surface area contributed by atoms with Crippen LogP contribution in [0.2, 0.25) is 0 Å². The minimum Gasteiger partial charge on any atom is -0.493 e. The third-order valence-electron chi connectivity index (χ3n) is 4.77. The first-order chi connectivity index (χ1) is 15.1. The molecule has 0 unspecified atom stereocenters. The van der Waals surface area contributed by atoms with E-state index in [9.17, 15) is 4.79 Å². The highest BCUT2D eigenvalue weighted by Gasteiger charge is 2.15. The third kappa shape index (κ3) is 7.77. The normalized spacial score (nSPS) is 10.6. The van der Waals surface area contributed by atoms with Gasteiger partial charge in [-0.1, -0.05) is 30.3 Å². The smallest absolute Gasteiger partial charge is 0.242 e. The summed E-state index contributed by atoms with van der Waals surface area (Å²) in [5.74, 6) is 2.23. The van der Waals surface area contributed by atoms with Crippen molar-refractivity contribution in [1.29, 1.82) is 0 Å². The summed E-state index contributed by atoms with van der Waals surface area (Å²) in [7, 11) is 6.39. The molecule has 176 valence electrons. The molecule has 0 bridgehead atoms. The fourth-order valence-corrected chi connectivity index (χ4v) is 3.10. The predicted molar refractivity (Wildman–Crippen MR) is 137 cm³/mol. The second-order valence-corrected chi connectivity index (χ2v) is 6.71. The highest BCUT2D eigenvalue weighted by atomic mass is 127. The summed E-state index contributed by atoms with van der Waals surface area (Å²) in [6.07, 6.45) is 0. The number of nitrogens with zero attached hydrogens (tertiary/aromatic N) is 2. The molecule has 0 saturated carbocycles. The molecule has 0 aromatic heterocycles. The van der Waals surface area contributed by atoms with E-state index >= 15 is 0 Å². The van der Waals surface area contributed by atoms with Gasteiger partial charge in [0.15, 0.2) is 17.5 Å². The van der Waals surface area contributed by atoms with E-state index in [1.807, 2.05) is 49.4 Å². The largest absolute Gasteiger partial charge is 0.493 e. The van der Waals surface area contributed by atoms with E-state index in [1.165, 1.54) is 0 Å². The molecule has 2 aromatic rings. The van der Waals surface area contributed by atoms with Gasteiger partial charge in [0.05, 0.1) is 27.9 Å². The number of halogens is 1. The maximum atomic E-state index is 12.6. The van der Waals surface area contributed by atoms with Crippen molar-refractivity contribution in [1.82, 2.24) is 15.5 Å². The first-order valence-electron chi connectivity index (χ1n) is 10.1. The molecule has 0 aliphatic carbocycles. The summed E-state index contributed by atoms with van der Waals surface area (Å²) < 4.78 is 16.1. The summed E-state index contributed by atoms with van der Waals surface area (Å²) in [4.78, 5) is 18.6. The van der Waals surface area contributed by atoms with Crippen molar-refractivity contribution in [3.63, 3.8) is 0 Å². The lowest BCUT2D eigenvalue weighted by molar-refractivity contribution is -0.130. The minimum absolute atomic E-state index is 0. The highest BCUT2D eigenvalue weighted by molar-refractivity contribution is 14.0. The Morgan fingerprint density at radius 2 is 1.59 bits per heavy atom. The third-order valence-corrected chi connectivity index (χ3v) is 4.77. The molecule has 0 radical (unpaired) electrons. The lowest BCUT2D eigenvalue weighted by Gasteiger charge is -2.22. The van der Waals surface area contributed by atoms with Crippen molar-refractivity contribution in [2.75, 3.05) is 41.5 Å². The summed E-state index contributed by atoms with van der Waals surface area (Å²) in [5.41, 5.74) is 2.02. The van der Waals surface area contributed by atoms with Gasteiger partial charge in [-0.25, -0.2) is 0 Å². The minimum atomic E-state index is 0. The van der Waals surface area contributed by atoms with Crippen LogP contribution >= 0.6 is 24.0 Å². The van der Waals surface area contributed by atoms with E-state index < -0.39 is 0 Å². The molecule has 0 atom stereocenters. The number of nitrogens with one attached hydrogen (secondary N) is 2. The van der Waals surface area contributed by atoms with E-state index in [-0.39, 0.29) is 36.4 Å². The zero-order chi connectivity index (χ0) is 22.6. The standard InChI is InChI=1S/C23H32N4O4.HI/c1-6-27(16-17-10-8-7-9-11-17)21(28)15-26-23(24-2)25-14-18-12-19(29-3)22(31-5)20(13-18)30-4;/h7-13H,6,14-16H2,1-5H3,(H2,24,25,26);1H. The quantitative estimate of drug-likeness (QED) is 0.266. The van der Waals surface area contributed by atoms with Crippen LogP contribution in [0.3, 0.4) is 0 Å². The second kappa shape index (κ2) is 14.4. The van der Waals surface area contributed by atoms with Crippen molar-refractivity contribution in [2.45, 2.75) is 20.0 Å². The molecule has 0 spiro atoms. The lowest BCUT2D eigenvalue weighted by Crippen LogP contribution is -2.44. The molecule has 1 amide bonds. The maximum Gasteiger partial charge on any atom is 0.242 e. The number of benzene rings is 2. The van der Waals surface area contributed by atoms with Gasteiger partial charge < -0.3 is 29.7 Å². The SMILES string of the molecule is CCN(Cc1ccccc1)C(=O)CNC(=NC)NCc1cc(OC)c(OC)c(OC)c1.I.